The molecule has 1 aliphatic heterocycles. The number of imidazole rings is 1. The van der Waals surface area contributed by atoms with Crippen molar-refractivity contribution in [1.29, 1.82) is 0 Å². The number of halogens is 4. The molecule has 1 aliphatic carbocycles. The molecule has 1 aromatic carbocycles. The minimum Gasteiger partial charge on any atom is -0.361 e. The average Bonchev–Trinajstić information content (AvgIpc) is 3.36. The highest BCUT2D eigenvalue weighted by Gasteiger charge is 2.51. The lowest BCUT2D eigenvalue weighted by Crippen LogP contribution is -2.47. The smallest absolute Gasteiger partial charge is 0.361 e. The van der Waals surface area contributed by atoms with Crippen molar-refractivity contribution in [3.63, 3.8) is 0 Å². The number of H-pyrrole nitrogens is 1. The second-order valence-corrected chi connectivity index (χ2v) is 11.4. The lowest BCUT2D eigenvalue weighted by molar-refractivity contribution is -0.0492. The van der Waals surface area contributed by atoms with E-state index in [9.17, 15) is 21.6 Å². The second kappa shape index (κ2) is 9.46. The van der Waals surface area contributed by atoms with Gasteiger partial charge in [0.05, 0.1) is 18.4 Å². The molecule has 1 aromatic heterocycles. The van der Waals surface area contributed by atoms with Crippen LogP contribution in [0, 0.1) is 12.8 Å². The normalized spacial score (nSPS) is 20.8. The van der Waals surface area contributed by atoms with Gasteiger partial charge in [0.1, 0.15) is 5.82 Å². The Labute approximate surface area is 197 Å². The second-order valence-electron chi connectivity index (χ2n) is 9.02. The van der Waals surface area contributed by atoms with E-state index < -0.39 is 21.6 Å². The van der Waals surface area contributed by atoms with Gasteiger partial charge in [-0.1, -0.05) is 37.3 Å². The minimum atomic E-state index is -5.50. The predicted octanol–water partition coefficient (Wildman–Crippen LogP) is 5.38. The Balaban J connectivity index is 1.74. The number of hydrogen-bond donors (Lipinski definition) is 1. The Morgan fingerprint density at radius 1 is 1.21 bits per heavy atom. The molecule has 2 aliphatic rings. The molecular weight excluding hydrogens is 477 g/mol. The third kappa shape index (κ3) is 5.33. The van der Waals surface area contributed by atoms with Crippen LogP contribution in [0.15, 0.2) is 24.4 Å². The van der Waals surface area contributed by atoms with E-state index in [-0.39, 0.29) is 13.1 Å². The van der Waals surface area contributed by atoms with Crippen LogP contribution in [0.3, 0.4) is 0 Å². The highest BCUT2D eigenvalue weighted by Crippen LogP contribution is 2.38. The van der Waals surface area contributed by atoms with Crippen LogP contribution in [0.4, 0.5) is 18.9 Å². The van der Waals surface area contributed by atoms with E-state index in [1.807, 2.05) is 11.8 Å². The number of fused-ring (bicyclic) bond motifs is 1. The molecule has 33 heavy (non-hydrogen) atoms. The van der Waals surface area contributed by atoms with Crippen molar-refractivity contribution in [3.8, 4) is 0 Å². The van der Waals surface area contributed by atoms with Gasteiger partial charge in [-0.25, -0.2) is 13.4 Å². The molecule has 1 unspecified atom stereocenters. The first kappa shape index (κ1) is 24.3. The molecule has 2 aromatic rings. The third-order valence-corrected chi connectivity index (χ3v) is 8.44. The van der Waals surface area contributed by atoms with E-state index in [1.54, 1.807) is 24.4 Å². The number of hydrogen-bond acceptors (Lipinski definition) is 4. The fraction of sp³-hybridized carbons (Fsp3) is 0.591. The number of nitrogens with zero attached hydrogens (tertiary/aromatic N) is 3. The molecule has 0 radical (unpaired) electrons. The van der Waals surface area contributed by atoms with E-state index in [0.29, 0.717) is 39.5 Å². The van der Waals surface area contributed by atoms with Crippen LogP contribution in [0.5, 0.6) is 0 Å². The van der Waals surface area contributed by atoms with Crippen LogP contribution >= 0.6 is 11.6 Å². The van der Waals surface area contributed by atoms with Crippen LogP contribution in [0.2, 0.25) is 5.02 Å². The quantitative estimate of drug-likeness (QED) is 0.573. The Morgan fingerprint density at radius 3 is 2.58 bits per heavy atom. The maximum Gasteiger partial charge on any atom is 0.511 e. The molecule has 6 nitrogen and oxygen atoms in total. The number of nitrogens with one attached hydrogen (secondary N) is 1. The molecule has 182 valence electrons. The summed E-state index contributed by atoms with van der Waals surface area (Å²) in [5, 5.41) is 0.347. The summed E-state index contributed by atoms with van der Waals surface area (Å²) in [4.78, 5) is 9.43. The first-order valence-corrected chi connectivity index (χ1v) is 13.0. The lowest BCUT2D eigenvalue weighted by Gasteiger charge is -2.34. The summed E-state index contributed by atoms with van der Waals surface area (Å²) in [6, 6.07) is 4.59. The highest BCUT2D eigenvalue weighted by atomic mass is 35.5. The van der Waals surface area contributed by atoms with Gasteiger partial charge in [-0.15, -0.1) is 0 Å². The van der Waals surface area contributed by atoms with E-state index in [0.717, 1.165) is 30.8 Å². The van der Waals surface area contributed by atoms with E-state index >= 15 is 0 Å². The van der Waals surface area contributed by atoms with Crippen molar-refractivity contribution in [2.45, 2.75) is 70.1 Å². The van der Waals surface area contributed by atoms with E-state index in [1.165, 1.54) is 12.8 Å². The van der Waals surface area contributed by atoms with Crippen molar-refractivity contribution in [1.82, 2.24) is 14.3 Å². The summed E-state index contributed by atoms with van der Waals surface area (Å²) < 4.78 is 66.1. The van der Waals surface area contributed by atoms with Crippen LogP contribution in [0.25, 0.3) is 0 Å². The van der Waals surface area contributed by atoms with Crippen LogP contribution < -0.4 is 4.90 Å². The van der Waals surface area contributed by atoms with Gasteiger partial charge >= 0.3 is 15.5 Å². The molecule has 0 spiro atoms. The van der Waals surface area contributed by atoms with Gasteiger partial charge in [-0.05, 0) is 49.4 Å². The number of benzene rings is 1. The summed E-state index contributed by atoms with van der Waals surface area (Å²) in [6.07, 6.45) is 7.72. The molecule has 1 N–H and O–H groups in total. The molecule has 1 fully saturated rings. The van der Waals surface area contributed by atoms with Gasteiger partial charge in [-0.2, -0.15) is 17.5 Å². The van der Waals surface area contributed by atoms with Crippen molar-refractivity contribution in [3.05, 3.63) is 46.5 Å². The number of anilines is 1. The molecule has 4 rings (SSSR count). The summed E-state index contributed by atoms with van der Waals surface area (Å²) >= 11 is 6.15. The SMILES string of the molecule is Cc1ncc(CN2c3ccc(Cl)cc3CN(S(=O)(=O)C(F)(F)F)CC2CCC2CCCC2)[nH]1. The van der Waals surface area contributed by atoms with Gasteiger partial charge in [0.2, 0.25) is 0 Å². The first-order chi connectivity index (χ1) is 15.5. The van der Waals surface area contributed by atoms with Crippen molar-refractivity contribution in [2.75, 3.05) is 11.4 Å². The minimum absolute atomic E-state index is 0.242. The molecule has 0 saturated heterocycles. The molecule has 0 bridgehead atoms. The zero-order valence-corrected chi connectivity index (χ0v) is 20.0. The molecular formula is C22H28ClF3N4O2S. The topological polar surface area (TPSA) is 69.3 Å². The number of aromatic nitrogens is 2. The number of aryl methyl sites for hydroxylation is 1. The number of alkyl halides is 3. The zero-order chi connectivity index (χ0) is 23.8. The highest BCUT2D eigenvalue weighted by molar-refractivity contribution is 7.89. The Kier molecular flexibility index (Phi) is 6.98. The number of sulfonamides is 1. The van der Waals surface area contributed by atoms with Crippen LogP contribution in [0.1, 0.15) is 55.6 Å². The fourth-order valence-corrected chi connectivity index (χ4v) is 6.16. The first-order valence-electron chi connectivity index (χ1n) is 11.2. The summed E-state index contributed by atoms with van der Waals surface area (Å²) in [7, 11) is -5.50. The standard InChI is InChI=1S/C22H28ClF3N4O2S/c1-15-27-11-19(28-15)13-30-20(8-6-16-4-2-3-5-16)14-29(33(31,32)22(24,25)26)12-17-10-18(23)7-9-21(17)30/h7,9-11,16,20H,2-6,8,12-14H2,1H3,(H,27,28). The Bertz CT molecular complexity index is 1080. The Morgan fingerprint density at radius 2 is 1.94 bits per heavy atom. The third-order valence-electron chi connectivity index (χ3n) is 6.66. The largest absolute Gasteiger partial charge is 0.511 e. The van der Waals surface area contributed by atoms with Crippen LogP contribution in [-0.2, 0) is 23.1 Å². The average molecular weight is 505 g/mol. The van der Waals surface area contributed by atoms with Crippen molar-refractivity contribution < 1.29 is 21.6 Å². The van der Waals surface area contributed by atoms with Crippen molar-refractivity contribution >= 4 is 27.3 Å². The molecule has 0 amide bonds. The lowest BCUT2D eigenvalue weighted by atomic mass is 9.97. The molecule has 1 saturated carbocycles. The number of aromatic amines is 1. The van der Waals surface area contributed by atoms with Crippen LogP contribution in [-0.4, -0.2) is 40.8 Å². The maximum absolute atomic E-state index is 13.5. The zero-order valence-electron chi connectivity index (χ0n) is 18.4. The molecule has 2 heterocycles. The summed E-state index contributed by atoms with van der Waals surface area (Å²) in [6.45, 7) is 1.59. The van der Waals surface area contributed by atoms with Crippen molar-refractivity contribution in [2.24, 2.45) is 5.92 Å². The van der Waals surface area contributed by atoms with Gasteiger partial charge in [0, 0.05) is 29.8 Å². The van der Waals surface area contributed by atoms with Gasteiger partial charge in [0.25, 0.3) is 0 Å². The monoisotopic (exact) mass is 504 g/mol. The fourth-order valence-electron chi connectivity index (χ4n) is 5.00. The predicted molar refractivity (Wildman–Crippen MR) is 121 cm³/mol. The van der Waals surface area contributed by atoms with Gasteiger partial charge < -0.3 is 9.88 Å². The van der Waals surface area contributed by atoms with E-state index in [2.05, 4.69) is 9.97 Å². The summed E-state index contributed by atoms with van der Waals surface area (Å²) in [5.74, 6) is 1.27. The molecule has 1 atom stereocenters. The van der Waals surface area contributed by atoms with E-state index in [4.69, 9.17) is 11.6 Å². The molecule has 11 heteroatoms. The number of rotatable bonds is 6. The maximum atomic E-state index is 13.5. The van der Waals surface area contributed by atoms with Gasteiger partial charge in [0.15, 0.2) is 0 Å². The van der Waals surface area contributed by atoms with Gasteiger partial charge in [-0.3, -0.25) is 0 Å². The summed E-state index contributed by atoms with van der Waals surface area (Å²) in [5.41, 5.74) is -3.40. The Hall–Kier alpha value is -1.78.